The molecule has 2 aromatic carbocycles. The van der Waals surface area contributed by atoms with Crippen molar-refractivity contribution in [2.75, 3.05) is 0 Å². The number of rotatable bonds is 2. The van der Waals surface area contributed by atoms with E-state index < -0.39 is 30.0 Å². The van der Waals surface area contributed by atoms with Gasteiger partial charge >= 0.3 is 0 Å². The summed E-state index contributed by atoms with van der Waals surface area (Å²) < 4.78 is 63.0. The molecule has 0 saturated carbocycles. The molecule has 2 rings (SSSR count). The van der Waals surface area contributed by atoms with Crippen LogP contribution in [-0.2, 0) is 20.2 Å². The van der Waals surface area contributed by atoms with E-state index in [0.717, 1.165) is 6.07 Å². The average Bonchev–Trinajstić information content (AvgIpc) is 2.34. The van der Waals surface area contributed by atoms with Crippen molar-refractivity contribution in [2.45, 2.75) is 9.79 Å². The molecular formula is C11H12N2O6S3. The monoisotopic (exact) mass is 364 g/mol. The summed E-state index contributed by atoms with van der Waals surface area (Å²) in [5, 5.41) is 0.452. The lowest BCUT2D eigenvalue weighted by atomic mass is 10.1. The smallest absolute Gasteiger partial charge is 0.296 e. The highest BCUT2D eigenvalue weighted by atomic mass is 32.2. The van der Waals surface area contributed by atoms with Crippen molar-refractivity contribution in [3.8, 4) is 0 Å². The van der Waals surface area contributed by atoms with Crippen molar-refractivity contribution in [1.82, 2.24) is 0 Å². The molecule has 0 unspecified atom stereocenters. The molecule has 0 aromatic heterocycles. The Hall–Kier alpha value is -1.79. The number of nitrogens with two attached hydrogens (primary N) is 2. The van der Waals surface area contributed by atoms with Crippen LogP contribution in [0.2, 0.25) is 0 Å². The molecule has 120 valence electrons. The van der Waals surface area contributed by atoms with Crippen LogP contribution in [0.4, 0.5) is 0 Å². The number of hydrogen-bond donors (Lipinski definition) is 4. The van der Waals surface area contributed by atoms with Crippen molar-refractivity contribution in [1.29, 1.82) is 0 Å². The third-order valence-corrected chi connectivity index (χ3v) is 4.36. The average molecular weight is 364 g/mol. The summed E-state index contributed by atoms with van der Waals surface area (Å²) in [6.45, 7) is 0. The Balaban J connectivity index is 0.000000541. The maximum atomic E-state index is 11.3. The van der Waals surface area contributed by atoms with E-state index in [-0.39, 0.29) is 10.5 Å². The van der Waals surface area contributed by atoms with Crippen LogP contribution in [0.3, 0.4) is 0 Å². The summed E-state index contributed by atoms with van der Waals surface area (Å²) in [6.07, 6.45) is 0. The zero-order valence-corrected chi connectivity index (χ0v) is 13.3. The van der Waals surface area contributed by atoms with Gasteiger partial charge in [0.15, 0.2) is 5.11 Å². The summed E-state index contributed by atoms with van der Waals surface area (Å²) >= 11 is 4.09. The quantitative estimate of drug-likeness (QED) is 0.440. The number of fused-ring (bicyclic) bond motifs is 1. The van der Waals surface area contributed by atoms with Crippen LogP contribution in [0, 0.1) is 0 Å². The molecule has 0 saturated heterocycles. The maximum absolute atomic E-state index is 11.3. The van der Waals surface area contributed by atoms with Gasteiger partial charge < -0.3 is 11.5 Å². The number of thiocarbonyl (C=S) groups is 1. The van der Waals surface area contributed by atoms with E-state index in [2.05, 4.69) is 23.7 Å². The largest absolute Gasteiger partial charge is 0.377 e. The van der Waals surface area contributed by atoms with Crippen molar-refractivity contribution in [3.63, 3.8) is 0 Å². The molecule has 8 nitrogen and oxygen atoms in total. The molecule has 11 heteroatoms. The van der Waals surface area contributed by atoms with Crippen molar-refractivity contribution in [3.05, 3.63) is 36.4 Å². The van der Waals surface area contributed by atoms with E-state index in [1.807, 2.05) is 0 Å². The molecule has 0 aliphatic carbocycles. The molecule has 0 bridgehead atoms. The van der Waals surface area contributed by atoms with Gasteiger partial charge in [-0.2, -0.15) is 16.8 Å². The highest BCUT2D eigenvalue weighted by Crippen LogP contribution is 2.29. The molecule has 0 atom stereocenters. The minimum absolute atomic E-state index is 0.000000000000000222. The van der Waals surface area contributed by atoms with E-state index >= 15 is 0 Å². The molecule has 22 heavy (non-hydrogen) atoms. The van der Waals surface area contributed by atoms with Gasteiger partial charge in [0.25, 0.3) is 20.2 Å². The number of hydrogen-bond acceptors (Lipinski definition) is 5. The van der Waals surface area contributed by atoms with Gasteiger partial charge in [0.05, 0.1) is 0 Å². The second kappa shape index (κ2) is 6.54. The van der Waals surface area contributed by atoms with Crippen LogP contribution in [0.5, 0.6) is 0 Å². The molecule has 2 aromatic rings. The summed E-state index contributed by atoms with van der Waals surface area (Å²) in [5.41, 5.74) is 9.24. The van der Waals surface area contributed by atoms with Crippen LogP contribution in [0.1, 0.15) is 0 Å². The van der Waals surface area contributed by atoms with Gasteiger partial charge in [-0.15, -0.1) is 0 Å². The Labute approximate surface area is 132 Å². The molecular weight excluding hydrogens is 352 g/mol. The molecule has 0 radical (unpaired) electrons. The van der Waals surface area contributed by atoms with Crippen LogP contribution in [0.25, 0.3) is 10.8 Å². The van der Waals surface area contributed by atoms with E-state index in [0.29, 0.717) is 5.39 Å². The molecule has 6 N–H and O–H groups in total. The number of benzene rings is 2. The minimum Gasteiger partial charge on any atom is -0.377 e. The first kappa shape index (κ1) is 18.3. The summed E-state index contributed by atoms with van der Waals surface area (Å²) in [4.78, 5) is -1.66. The molecule has 0 fully saturated rings. The zero-order valence-electron chi connectivity index (χ0n) is 10.9. The lowest BCUT2D eigenvalue weighted by Gasteiger charge is -2.08. The van der Waals surface area contributed by atoms with Gasteiger partial charge in [0, 0.05) is 5.39 Å². The van der Waals surface area contributed by atoms with Gasteiger partial charge in [-0.3, -0.25) is 9.11 Å². The van der Waals surface area contributed by atoms with Crippen LogP contribution in [-0.4, -0.2) is 31.1 Å². The standard InChI is InChI=1S/C10H8O6S2.CH4N2S/c11-17(12,13)9-6-5-7-3-1-2-4-8(7)10(9)18(14,15)16;2-1(3)4/h1-6H,(H,11,12,13)(H,14,15,16);(H4,2,3,4). The predicted octanol–water partition coefficient (Wildman–Crippen LogP) is 0.522. The van der Waals surface area contributed by atoms with Gasteiger partial charge in [-0.1, -0.05) is 30.3 Å². The maximum Gasteiger partial charge on any atom is 0.296 e. The van der Waals surface area contributed by atoms with E-state index in [9.17, 15) is 16.8 Å². The minimum atomic E-state index is -4.78. The lowest BCUT2D eigenvalue weighted by molar-refractivity contribution is 0.467. The first-order valence-electron chi connectivity index (χ1n) is 5.46. The normalized spacial score (nSPS) is 11.5. The Morgan fingerprint density at radius 3 is 1.86 bits per heavy atom. The van der Waals surface area contributed by atoms with Crippen molar-refractivity contribution < 1.29 is 25.9 Å². The lowest BCUT2D eigenvalue weighted by Crippen LogP contribution is -2.18. The third kappa shape index (κ3) is 4.61. The van der Waals surface area contributed by atoms with Gasteiger partial charge in [0.2, 0.25) is 0 Å². The SMILES string of the molecule is NC(N)=S.O=S(=O)(O)c1ccc2ccccc2c1S(=O)(=O)O. The van der Waals surface area contributed by atoms with E-state index in [4.69, 9.17) is 9.11 Å². The molecule has 0 amide bonds. The van der Waals surface area contributed by atoms with Crippen molar-refractivity contribution >= 4 is 48.3 Å². The Morgan fingerprint density at radius 2 is 1.41 bits per heavy atom. The van der Waals surface area contributed by atoms with Crippen LogP contribution >= 0.6 is 12.2 Å². The second-order valence-electron chi connectivity index (χ2n) is 3.97. The summed E-state index contributed by atoms with van der Waals surface area (Å²) in [6, 6.07) is 8.28. The fourth-order valence-electron chi connectivity index (χ4n) is 1.69. The van der Waals surface area contributed by atoms with Crippen molar-refractivity contribution in [2.24, 2.45) is 11.5 Å². The zero-order chi connectivity index (χ0) is 17.1. The first-order chi connectivity index (χ1) is 9.94. The predicted molar refractivity (Wildman–Crippen MR) is 84.6 cm³/mol. The Kier molecular flexibility index (Phi) is 5.43. The van der Waals surface area contributed by atoms with Crippen LogP contribution < -0.4 is 11.5 Å². The van der Waals surface area contributed by atoms with Crippen LogP contribution in [0.15, 0.2) is 46.2 Å². The highest BCUT2D eigenvalue weighted by Gasteiger charge is 2.26. The fraction of sp³-hybridized carbons (Fsp3) is 0. The molecule has 0 spiro atoms. The molecule has 0 aliphatic rings. The van der Waals surface area contributed by atoms with Gasteiger partial charge in [0.1, 0.15) is 9.79 Å². The Morgan fingerprint density at radius 1 is 0.909 bits per heavy atom. The first-order valence-corrected chi connectivity index (χ1v) is 8.75. The summed E-state index contributed by atoms with van der Waals surface area (Å²) in [7, 11) is -9.53. The highest BCUT2D eigenvalue weighted by molar-refractivity contribution is 7.89. The van der Waals surface area contributed by atoms with Gasteiger partial charge in [-0.25, -0.2) is 0 Å². The Bertz CT molecular complexity index is 918. The van der Waals surface area contributed by atoms with E-state index in [1.165, 1.54) is 18.2 Å². The fourth-order valence-corrected chi connectivity index (χ4v) is 3.69. The molecule has 0 heterocycles. The second-order valence-corrected chi connectivity index (χ2v) is 7.19. The summed E-state index contributed by atoms with van der Waals surface area (Å²) in [5.74, 6) is 0. The topological polar surface area (TPSA) is 161 Å². The van der Waals surface area contributed by atoms with E-state index in [1.54, 1.807) is 12.1 Å². The molecule has 0 aliphatic heterocycles. The third-order valence-electron chi connectivity index (χ3n) is 2.38. The van der Waals surface area contributed by atoms with Gasteiger partial charge in [-0.05, 0) is 23.7 Å².